The number of thiophene rings is 1. The summed E-state index contributed by atoms with van der Waals surface area (Å²) in [6.45, 7) is 3.45. The van der Waals surface area contributed by atoms with Crippen molar-refractivity contribution in [3.05, 3.63) is 57.9 Å². The van der Waals surface area contributed by atoms with Crippen molar-refractivity contribution < 1.29 is 14.3 Å². The number of fused-ring (bicyclic) bond motifs is 1. The lowest BCUT2D eigenvalue weighted by Gasteiger charge is -2.11. The van der Waals surface area contributed by atoms with E-state index >= 15 is 0 Å². The summed E-state index contributed by atoms with van der Waals surface area (Å²) >= 11 is 1.32. The van der Waals surface area contributed by atoms with Crippen LogP contribution in [0.25, 0.3) is 10.9 Å². The van der Waals surface area contributed by atoms with Gasteiger partial charge in [0.2, 0.25) is 5.78 Å². The Morgan fingerprint density at radius 2 is 2.00 bits per heavy atom. The molecule has 0 aliphatic rings. The van der Waals surface area contributed by atoms with Crippen LogP contribution >= 0.6 is 11.3 Å². The maximum Gasteiger partial charge on any atom is 0.349 e. The minimum atomic E-state index is -0.826. The fraction of sp³-hybridized carbons (Fsp3) is 0.176. The van der Waals surface area contributed by atoms with Crippen molar-refractivity contribution in [1.29, 1.82) is 0 Å². The number of rotatable bonds is 4. The van der Waals surface area contributed by atoms with Crippen LogP contribution in [0.2, 0.25) is 0 Å². The monoisotopic (exact) mass is 313 g/mol. The highest BCUT2D eigenvalue weighted by Crippen LogP contribution is 2.21. The van der Waals surface area contributed by atoms with Gasteiger partial charge in [-0.05, 0) is 36.9 Å². The highest BCUT2D eigenvalue weighted by atomic mass is 32.1. The molecule has 1 aromatic carbocycles. The van der Waals surface area contributed by atoms with Crippen LogP contribution in [0.3, 0.4) is 0 Å². The molecule has 2 heterocycles. The van der Waals surface area contributed by atoms with E-state index in [4.69, 9.17) is 4.74 Å². The third kappa shape index (κ3) is 2.55. The molecule has 0 unspecified atom stereocenters. The van der Waals surface area contributed by atoms with Crippen molar-refractivity contribution in [2.75, 3.05) is 0 Å². The molecule has 0 saturated carbocycles. The molecule has 0 saturated heterocycles. The van der Waals surface area contributed by atoms with Gasteiger partial charge in [0, 0.05) is 22.7 Å². The largest absolute Gasteiger partial charge is 0.450 e. The summed E-state index contributed by atoms with van der Waals surface area (Å²) in [6, 6.07) is 9.40. The maximum atomic E-state index is 12.5. The number of hydrogen-bond acceptors (Lipinski definition) is 4. The Morgan fingerprint density at radius 1 is 1.23 bits per heavy atom. The number of aryl methyl sites for hydroxylation is 1. The zero-order chi connectivity index (χ0) is 15.7. The van der Waals surface area contributed by atoms with Gasteiger partial charge in [-0.2, -0.15) is 0 Å². The summed E-state index contributed by atoms with van der Waals surface area (Å²) in [5, 5.41) is 2.67. The highest BCUT2D eigenvalue weighted by molar-refractivity contribution is 7.12. The third-order valence-corrected chi connectivity index (χ3v) is 4.55. The van der Waals surface area contributed by atoms with Crippen molar-refractivity contribution in [1.82, 2.24) is 4.98 Å². The first-order chi connectivity index (χ1) is 10.6. The molecule has 4 nitrogen and oxygen atoms in total. The van der Waals surface area contributed by atoms with Crippen LogP contribution in [0.15, 0.2) is 41.9 Å². The minimum absolute atomic E-state index is 0.208. The number of ether oxygens (including phenoxy) is 1. The Kier molecular flexibility index (Phi) is 3.81. The standard InChI is InChI=1S/C17H15NO3S/c1-10-7-8-22-16(10)17(20)21-11(2)15(19)13-9-18-14-6-4-3-5-12(13)14/h3-9,11,18H,1-2H3/t11-/m0/s1. The second-order valence-electron chi connectivity index (χ2n) is 5.09. The molecule has 3 aromatic rings. The number of carbonyl (C=O) groups is 2. The molecule has 1 atom stereocenters. The number of aromatic amines is 1. The number of esters is 1. The average Bonchev–Trinajstić information content (AvgIpc) is 3.12. The molecule has 0 radical (unpaired) electrons. The lowest BCUT2D eigenvalue weighted by Crippen LogP contribution is -2.24. The van der Waals surface area contributed by atoms with Gasteiger partial charge in [-0.25, -0.2) is 4.79 Å². The number of Topliss-reactive ketones (excluding diaryl/α,β-unsaturated/α-hetero) is 1. The number of para-hydroxylation sites is 1. The molecule has 0 amide bonds. The van der Waals surface area contributed by atoms with E-state index in [1.54, 1.807) is 13.1 Å². The first-order valence-electron chi connectivity index (χ1n) is 6.93. The number of H-pyrrole nitrogens is 1. The second kappa shape index (κ2) is 5.77. The summed E-state index contributed by atoms with van der Waals surface area (Å²) in [4.78, 5) is 28.2. The fourth-order valence-electron chi connectivity index (χ4n) is 2.34. The minimum Gasteiger partial charge on any atom is -0.450 e. The van der Waals surface area contributed by atoms with Crippen LogP contribution in [0.5, 0.6) is 0 Å². The molecule has 5 heteroatoms. The van der Waals surface area contributed by atoms with E-state index in [1.807, 2.05) is 42.6 Å². The Morgan fingerprint density at radius 3 is 2.73 bits per heavy atom. The van der Waals surface area contributed by atoms with E-state index in [9.17, 15) is 9.59 Å². The number of ketones is 1. The van der Waals surface area contributed by atoms with Gasteiger partial charge in [-0.15, -0.1) is 11.3 Å². The summed E-state index contributed by atoms with van der Waals surface area (Å²) in [5.41, 5.74) is 2.29. The molecule has 22 heavy (non-hydrogen) atoms. The van der Waals surface area contributed by atoms with Crippen LogP contribution in [-0.2, 0) is 4.74 Å². The van der Waals surface area contributed by atoms with E-state index < -0.39 is 12.1 Å². The van der Waals surface area contributed by atoms with Crippen molar-refractivity contribution in [3.63, 3.8) is 0 Å². The van der Waals surface area contributed by atoms with Gasteiger partial charge in [-0.1, -0.05) is 18.2 Å². The lowest BCUT2D eigenvalue weighted by atomic mass is 10.1. The Hall–Kier alpha value is -2.40. The van der Waals surface area contributed by atoms with Crippen LogP contribution in [0.1, 0.15) is 32.5 Å². The Bertz CT molecular complexity index is 846. The lowest BCUT2D eigenvalue weighted by molar-refractivity contribution is 0.0323. The molecule has 1 N–H and O–H groups in total. The number of carbonyl (C=O) groups excluding carboxylic acids is 2. The van der Waals surface area contributed by atoms with Crippen molar-refractivity contribution in [2.45, 2.75) is 20.0 Å². The summed E-state index contributed by atoms with van der Waals surface area (Å²) in [7, 11) is 0. The zero-order valence-corrected chi connectivity index (χ0v) is 13.1. The van der Waals surface area contributed by atoms with Crippen molar-refractivity contribution in [3.8, 4) is 0 Å². The van der Waals surface area contributed by atoms with E-state index in [0.717, 1.165) is 16.5 Å². The SMILES string of the molecule is Cc1ccsc1C(=O)O[C@@H](C)C(=O)c1c[nH]c2ccccc12. The molecule has 0 bridgehead atoms. The zero-order valence-electron chi connectivity index (χ0n) is 12.3. The van der Waals surface area contributed by atoms with E-state index in [0.29, 0.717) is 10.4 Å². The van der Waals surface area contributed by atoms with E-state index in [1.165, 1.54) is 11.3 Å². The third-order valence-electron chi connectivity index (χ3n) is 3.56. The van der Waals surface area contributed by atoms with Gasteiger partial charge in [0.05, 0.1) is 0 Å². The topological polar surface area (TPSA) is 59.2 Å². The average molecular weight is 313 g/mol. The molecule has 112 valence electrons. The molecule has 3 rings (SSSR count). The van der Waals surface area contributed by atoms with E-state index in [2.05, 4.69) is 4.98 Å². The molecule has 0 aliphatic carbocycles. The molecule has 2 aromatic heterocycles. The van der Waals surface area contributed by atoms with Gasteiger partial charge < -0.3 is 9.72 Å². The van der Waals surface area contributed by atoms with Gasteiger partial charge in [-0.3, -0.25) is 4.79 Å². The quantitative estimate of drug-likeness (QED) is 0.586. The Labute approximate surface area is 131 Å². The van der Waals surface area contributed by atoms with Crippen LogP contribution in [-0.4, -0.2) is 22.8 Å². The first-order valence-corrected chi connectivity index (χ1v) is 7.81. The Balaban J connectivity index is 1.80. The fourth-order valence-corrected chi connectivity index (χ4v) is 3.15. The van der Waals surface area contributed by atoms with Crippen LogP contribution in [0.4, 0.5) is 0 Å². The predicted molar refractivity (Wildman–Crippen MR) is 86.6 cm³/mol. The van der Waals surface area contributed by atoms with Gasteiger partial charge >= 0.3 is 5.97 Å². The maximum absolute atomic E-state index is 12.5. The van der Waals surface area contributed by atoms with Gasteiger partial charge in [0.1, 0.15) is 4.88 Å². The van der Waals surface area contributed by atoms with Crippen molar-refractivity contribution >= 4 is 34.0 Å². The van der Waals surface area contributed by atoms with Gasteiger partial charge in [0.25, 0.3) is 0 Å². The number of hydrogen-bond donors (Lipinski definition) is 1. The smallest absolute Gasteiger partial charge is 0.349 e. The highest BCUT2D eigenvalue weighted by Gasteiger charge is 2.23. The summed E-state index contributed by atoms with van der Waals surface area (Å²) in [6.07, 6.45) is 0.835. The molecule has 0 aliphatic heterocycles. The van der Waals surface area contributed by atoms with Crippen molar-refractivity contribution in [2.24, 2.45) is 0 Å². The first kappa shape index (κ1) is 14.5. The summed E-state index contributed by atoms with van der Waals surface area (Å²) < 4.78 is 5.32. The number of benzene rings is 1. The van der Waals surface area contributed by atoms with Gasteiger partial charge in [0.15, 0.2) is 6.10 Å². The molecular formula is C17H15NO3S. The normalized spacial score (nSPS) is 12.3. The van der Waals surface area contributed by atoms with Crippen LogP contribution < -0.4 is 0 Å². The molecular weight excluding hydrogens is 298 g/mol. The second-order valence-corrected chi connectivity index (χ2v) is 6.01. The number of aromatic nitrogens is 1. The predicted octanol–water partition coefficient (Wildman–Crippen LogP) is 3.97. The molecule has 0 fully saturated rings. The van der Waals surface area contributed by atoms with E-state index in [-0.39, 0.29) is 5.78 Å². The summed E-state index contributed by atoms with van der Waals surface area (Å²) in [5.74, 6) is -0.659. The number of nitrogens with one attached hydrogen (secondary N) is 1. The molecule has 0 spiro atoms. The van der Waals surface area contributed by atoms with Crippen LogP contribution in [0, 0.1) is 6.92 Å².